The van der Waals surface area contributed by atoms with Crippen LogP contribution in [0.2, 0.25) is 0 Å². The van der Waals surface area contributed by atoms with Crippen LogP contribution in [0.1, 0.15) is 12.1 Å². The maximum absolute atomic E-state index is 11.7. The van der Waals surface area contributed by atoms with Crippen molar-refractivity contribution in [3.63, 3.8) is 0 Å². The number of hydrogen-bond acceptors (Lipinski definition) is 6. The second-order valence-electron chi connectivity index (χ2n) is 3.85. The summed E-state index contributed by atoms with van der Waals surface area (Å²) >= 11 is 0. The summed E-state index contributed by atoms with van der Waals surface area (Å²) in [7, 11) is 1.46. The topological polar surface area (TPSA) is 132 Å². The molecule has 1 aromatic rings. The van der Waals surface area contributed by atoms with E-state index < -0.39 is 17.9 Å². The maximum atomic E-state index is 11.7. The molecule has 1 aromatic heterocycles. The summed E-state index contributed by atoms with van der Waals surface area (Å²) in [6, 6.07) is -0.982. The third kappa shape index (κ3) is 5.02. The Hall–Kier alpha value is -2.00. The summed E-state index contributed by atoms with van der Waals surface area (Å²) in [5.41, 5.74) is 5.92. The van der Waals surface area contributed by atoms with Gasteiger partial charge in [0.1, 0.15) is 12.6 Å². The molecule has 0 saturated carbocycles. The quantitative estimate of drug-likeness (QED) is 0.515. The zero-order valence-electron chi connectivity index (χ0n) is 10.6. The molecular formula is C10H17N5O4. The molecule has 0 spiro atoms. The Morgan fingerprint density at radius 2 is 2.37 bits per heavy atom. The summed E-state index contributed by atoms with van der Waals surface area (Å²) in [4.78, 5) is 22.6. The molecule has 0 aliphatic heterocycles. The van der Waals surface area contributed by atoms with Crippen LogP contribution in [0.5, 0.6) is 0 Å². The predicted molar refractivity (Wildman–Crippen MR) is 64.0 cm³/mol. The number of hydrogen-bond donors (Lipinski definition) is 3. The minimum Gasteiger partial charge on any atom is -0.480 e. The van der Waals surface area contributed by atoms with Gasteiger partial charge < -0.3 is 20.9 Å². The molecule has 4 N–H and O–H groups in total. The van der Waals surface area contributed by atoms with Gasteiger partial charge in [0.25, 0.3) is 0 Å². The van der Waals surface area contributed by atoms with E-state index in [4.69, 9.17) is 15.6 Å². The Balaban J connectivity index is 2.49. The van der Waals surface area contributed by atoms with Gasteiger partial charge in [-0.05, 0) is 0 Å². The smallest absolute Gasteiger partial charge is 0.326 e. The van der Waals surface area contributed by atoms with E-state index in [1.165, 1.54) is 18.0 Å². The predicted octanol–water partition coefficient (Wildman–Crippen LogP) is -1.66. The van der Waals surface area contributed by atoms with Crippen molar-refractivity contribution in [3.8, 4) is 0 Å². The molecule has 1 rings (SSSR count). The van der Waals surface area contributed by atoms with Gasteiger partial charge in [-0.1, -0.05) is 5.21 Å². The minimum atomic E-state index is -1.10. The number of ether oxygens (including phenoxy) is 1. The highest BCUT2D eigenvalue weighted by atomic mass is 16.5. The van der Waals surface area contributed by atoms with Crippen molar-refractivity contribution in [2.75, 3.05) is 13.7 Å². The van der Waals surface area contributed by atoms with E-state index in [1.807, 2.05) is 0 Å². The number of aliphatic carboxylic acids is 1. The van der Waals surface area contributed by atoms with Crippen molar-refractivity contribution >= 4 is 11.9 Å². The lowest BCUT2D eigenvalue weighted by Gasteiger charge is -2.13. The summed E-state index contributed by atoms with van der Waals surface area (Å²) < 4.78 is 6.08. The molecule has 1 atom stereocenters. The molecule has 1 amide bonds. The highest BCUT2D eigenvalue weighted by Gasteiger charge is 2.19. The van der Waals surface area contributed by atoms with Gasteiger partial charge in [0.05, 0.1) is 11.9 Å². The fourth-order valence-corrected chi connectivity index (χ4v) is 1.39. The lowest BCUT2D eigenvalue weighted by Crippen LogP contribution is -2.43. The van der Waals surface area contributed by atoms with Crippen LogP contribution in [0.15, 0.2) is 6.20 Å². The molecule has 0 aliphatic rings. The molecule has 9 nitrogen and oxygen atoms in total. The number of amides is 1. The number of carboxylic acids is 1. The van der Waals surface area contributed by atoms with Crippen LogP contribution in [0, 0.1) is 0 Å². The zero-order chi connectivity index (χ0) is 14.3. The SMILES string of the molecule is COCCC(NC(=O)Cn1cc(CN)nn1)C(=O)O. The number of nitrogens with two attached hydrogens (primary N) is 1. The summed E-state index contributed by atoms with van der Waals surface area (Å²) in [5, 5.41) is 18.7. The average Bonchev–Trinajstić information content (AvgIpc) is 2.81. The molecule has 1 unspecified atom stereocenters. The van der Waals surface area contributed by atoms with Crippen molar-refractivity contribution in [1.82, 2.24) is 20.3 Å². The fraction of sp³-hybridized carbons (Fsp3) is 0.600. The van der Waals surface area contributed by atoms with E-state index in [9.17, 15) is 9.59 Å². The van der Waals surface area contributed by atoms with Crippen molar-refractivity contribution < 1.29 is 19.4 Å². The molecule has 0 bridgehead atoms. The van der Waals surface area contributed by atoms with Crippen LogP contribution in [0.4, 0.5) is 0 Å². The summed E-state index contributed by atoms with van der Waals surface area (Å²) in [5.74, 6) is -1.57. The summed E-state index contributed by atoms with van der Waals surface area (Å²) in [6.07, 6.45) is 1.73. The van der Waals surface area contributed by atoms with Crippen molar-refractivity contribution in [2.45, 2.75) is 25.6 Å². The molecule has 19 heavy (non-hydrogen) atoms. The van der Waals surface area contributed by atoms with E-state index in [2.05, 4.69) is 15.6 Å². The number of carboxylic acid groups (broad SMARTS) is 1. The molecular weight excluding hydrogens is 254 g/mol. The van der Waals surface area contributed by atoms with Crippen LogP contribution in [0.3, 0.4) is 0 Å². The molecule has 0 aliphatic carbocycles. The van der Waals surface area contributed by atoms with E-state index in [-0.39, 0.29) is 26.1 Å². The standard InChI is InChI=1S/C10H17N5O4/c1-19-3-2-8(10(17)18)12-9(16)6-15-5-7(4-11)13-14-15/h5,8H,2-4,6,11H2,1H3,(H,12,16)(H,17,18). The minimum absolute atomic E-state index is 0.107. The monoisotopic (exact) mass is 271 g/mol. The first-order chi connectivity index (χ1) is 9.06. The molecule has 0 fully saturated rings. The van der Waals surface area contributed by atoms with Gasteiger partial charge in [0, 0.05) is 26.7 Å². The Kier molecular flexibility index (Phi) is 5.90. The second-order valence-corrected chi connectivity index (χ2v) is 3.85. The maximum Gasteiger partial charge on any atom is 0.326 e. The van der Waals surface area contributed by atoms with Crippen LogP contribution in [0.25, 0.3) is 0 Å². The first-order valence-electron chi connectivity index (χ1n) is 5.67. The number of carbonyl (C=O) groups excluding carboxylic acids is 1. The largest absolute Gasteiger partial charge is 0.480 e. The van der Waals surface area contributed by atoms with E-state index >= 15 is 0 Å². The number of nitrogens with zero attached hydrogens (tertiary/aromatic N) is 3. The normalized spacial score (nSPS) is 12.1. The van der Waals surface area contributed by atoms with Gasteiger partial charge in [-0.25, -0.2) is 9.48 Å². The second kappa shape index (κ2) is 7.44. The Morgan fingerprint density at radius 3 is 2.89 bits per heavy atom. The van der Waals surface area contributed by atoms with Crippen LogP contribution >= 0.6 is 0 Å². The van der Waals surface area contributed by atoms with Gasteiger partial charge in [0.15, 0.2) is 0 Å². The van der Waals surface area contributed by atoms with E-state index in [0.717, 1.165) is 0 Å². The number of aromatic nitrogens is 3. The molecule has 0 radical (unpaired) electrons. The number of methoxy groups -OCH3 is 1. The molecule has 106 valence electrons. The lowest BCUT2D eigenvalue weighted by atomic mass is 10.2. The first-order valence-corrected chi connectivity index (χ1v) is 5.67. The van der Waals surface area contributed by atoms with Gasteiger partial charge >= 0.3 is 5.97 Å². The molecule has 0 saturated heterocycles. The summed E-state index contributed by atoms with van der Waals surface area (Å²) in [6.45, 7) is 0.370. The highest BCUT2D eigenvalue weighted by Crippen LogP contribution is 1.95. The van der Waals surface area contributed by atoms with Crippen molar-refractivity contribution in [3.05, 3.63) is 11.9 Å². The molecule has 0 aromatic carbocycles. The van der Waals surface area contributed by atoms with Crippen molar-refractivity contribution in [2.24, 2.45) is 5.73 Å². The first kappa shape index (κ1) is 15.1. The van der Waals surface area contributed by atoms with Crippen LogP contribution < -0.4 is 11.1 Å². The molecule has 1 heterocycles. The highest BCUT2D eigenvalue weighted by molar-refractivity contribution is 5.83. The molecule has 9 heteroatoms. The third-order valence-electron chi connectivity index (χ3n) is 2.34. The van der Waals surface area contributed by atoms with Crippen molar-refractivity contribution in [1.29, 1.82) is 0 Å². The number of rotatable bonds is 8. The van der Waals surface area contributed by atoms with E-state index in [1.54, 1.807) is 0 Å². The average molecular weight is 271 g/mol. The Labute approximate surface area is 109 Å². The number of carbonyl (C=O) groups is 2. The van der Waals surface area contributed by atoms with E-state index in [0.29, 0.717) is 5.69 Å². The van der Waals surface area contributed by atoms with Gasteiger partial charge in [0.2, 0.25) is 5.91 Å². The van der Waals surface area contributed by atoms with Crippen LogP contribution in [-0.4, -0.2) is 51.7 Å². The fourth-order valence-electron chi connectivity index (χ4n) is 1.39. The Morgan fingerprint density at radius 1 is 1.63 bits per heavy atom. The zero-order valence-corrected chi connectivity index (χ0v) is 10.6. The number of nitrogens with one attached hydrogen (secondary N) is 1. The van der Waals surface area contributed by atoms with Gasteiger partial charge in [-0.15, -0.1) is 5.10 Å². The van der Waals surface area contributed by atoms with Gasteiger partial charge in [-0.3, -0.25) is 4.79 Å². The third-order valence-corrected chi connectivity index (χ3v) is 2.34. The lowest BCUT2D eigenvalue weighted by molar-refractivity contribution is -0.142. The Bertz CT molecular complexity index is 433. The van der Waals surface area contributed by atoms with Gasteiger partial charge in [-0.2, -0.15) is 0 Å². The van der Waals surface area contributed by atoms with Crippen LogP contribution in [-0.2, 0) is 27.4 Å².